The maximum Gasteiger partial charge on any atom is 0.337 e. The van der Waals surface area contributed by atoms with Gasteiger partial charge in [0.2, 0.25) is 0 Å². The van der Waals surface area contributed by atoms with E-state index in [0.717, 1.165) is 15.6 Å². The SMILES string of the molecule is COc1cc(/C=N/Nc2ccc(C(=O)O)cn2)ccc1OCc1ccc(Br)cc1. The Hall–Kier alpha value is -3.39. The molecule has 148 valence electrons. The summed E-state index contributed by atoms with van der Waals surface area (Å²) in [4.78, 5) is 14.8. The molecule has 0 saturated carbocycles. The van der Waals surface area contributed by atoms with E-state index < -0.39 is 5.97 Å². The van der Waals surface area contributed by atoms with Gasteiger partial charge in [-0.15, -0.1) is 0 Å². The molecule has 0 unspecified atom stereocenters. The van der Waals surface area contributed by atoms with Crippen LogP contribution < -0.4 is 14.9 Å². The fourth-order valence-electron chi connectivity index (χ4n) is 2.38. The molecular weight excluding hydrogens is 438 g/mol. The van der Waals surface area contributed by atoms with Crippen LogP contribution in [0.15, 0.2) is 70.4 Å². The quantitative estimate of drug-likeness (QED) is 0.381. The smallest absolute Gasteiger partial charge is 0.337 e. The van der Waals surface area contributed by atoms with Crippen LogP contribution in [0.4, 0.5) is 5.82 Å². The molecule has 0 aliphatic carbocycles. The third-order valence-electron chi connectivity index (χ3n) is 3.90. The lowest BCUT2D eigenvalue weighted by Gasteiger charge is -2.11. The Morgan fingerprint density at radius 3 is 2.62 bits per heavy atom. The van der Waals surface area contributed by atoms with Gasteiger partial charge in [0.15, 0.2) is 11.5 Å². The average molecular weight is 456 g/mol. The van der Waals surface area contributed by atoms with Crippen LogP contribution in [0.3, 0.4) is 0 Å². The molecule has 3 rings (SSSR count). The molecule has 8 heteroatoms. The minimum atomic E-state index is -1.03. The maximum absolute atomic E-state index is 10.8. The Balaban J connectivity index is 1.62. The molecule has 0 radical (unpaired) electrons. The van der Waals surface area contributed by atoms with Crippen LogP contribution in [0.2, 0.25) is 0 Å². The molecule has 0 spiro atoms. The lowest BCUT2D eigenvalue weighted by atomic mass is 10.2. The Labute approximate surface area is 176 Å². The van der Waals surface area contributed by atoms with E-state index in [-0.39, 0.29) is 5.56 Å². The lowest BCUT2D eigenvalue weighted by Crippen LogP contribution is -2.00. The van der Waals surface area contributed by atoms with Crippen molar-refractivity contribution in [2.24, 2.45) is 5.10 Å². The zero-order valence-electron chi connectivity index (χ0n) is 15.5. The first-order chi connectivity index (χ1) is 14.0. The molecule has 2 N–H and O–H groups in total. The van der Waals surface area contributed by atoms with Gasteiger partial charge in [0.1, 0.15) is 12.4 Å². The molecule has 0 aliphatic heterocycles. The summed E-state index contributed by atoms with van der Waals surface area (Å²) in [5, 5.41) is 13.0. The molecule has 3 aromatic rings. The first-order valence-electron chi connectivity index (χ1n) is 8.59. The molecule has 0 fully saturated rings. The van der Waals surface area contributed by atoms with Crippen LogP contribution in [-0.4, -0.2) is 29.4 Å². The van der Waals surface area contributed by atoms with Gasteiger partial charge in [-0.2, -0.15) is 5.10 Å². The number of carboxylic acids is 1. The highest BCUT2D eigenvalue weighted by atomic mass is 79.9. The summed E-state index contributed by atoms with van der Waals surface area (Å²) in [7, 11) is 1.58. The summed E-state index contributed by atoms with van der Waals surface area (Å²) in [5.41, 5.74) is 4.71. The second kappa shape index (κ2) is 9.70. The van der Waals surface area contributed by atoms with Crippen LogP contribution in [0.1, 0.15) is 21.5 Å². The van der Waals surface area contributed by atoms with E-state index in [1.165, 1.54) is 12.3 Å². The number of rotatable bonds is 8. The van der Waals surface area contributed by atoms with Crippen molar-refractivity contribution in [3.05, 3.63) is 82.0 Å². The van der Waals surface area contributed by atoms with Gasteiger partial charge in [0, 0.05) is 10.7 Å². The number of nitrogens with one attached hydrogen (secondary N) is 1. The van der Waals surface area contributed by atoms with E-state index in [9.17, 15) is 4.79 Å². The number of carbonyl (C=O) groups is 1. The monoisotopic (exact) mass is 455 g/mol. The summed E-state index contributed by atoms with van der Waals surface area (Å²) < 4.78 is 12.3. The fourth-order valence-corrected chi connectivity index (χ4v) is 2.65. The standard InChI is InChI=1S/C21H18BrN3O4/c1-28-19-10-15(11-24-25-20-9-5-16(12-23-20)21(26)27)4-8-18(19)29-13-14-2-6-17(22)7-3-14/h2-12H,13H2,1H3,(H,23,25)(H,26,27)/b24-11+. The van der Waals surface area contributed by atoms with Gasteiger partial charge < -0.3 is 14.6 Å². The summed E-state index contributed by atoms with van der Waals surface area (Å²) in [6.07, 6.45) is 2.87. The second-order valence-corrected chi connectivity index (χ2v) is 6.85. The molecule has 0 aliphatic rings. The Morgan fingerprint density at radius 1 is 1.17 bits per heavy atom. The first-order valence-corrected chi connectivity index (χ1v) is 9.38. The number of aromatic nitrogens is 1. The normalized spacial score (nSPS) is 10.7. The first kappa shape index (κ1) is 20.3. The van der Waals surface area contributed by atoms with Gasteiger partial charge in [-0.25, -0.2) is 9.78 Å². The molecular formula is C21H18BrN3O4. The summed E-state index contributed by atoms with van der Waals surface area (Å²) in [5.74, 6) is 0.635. The van der Waals surface area contributed by atoms with Crippen molar-refractivity contribution >= 4 is 33.9 Å². The van der Waals surface area contributed by atoms with Crippen molar-refractivity contribution in [3.63, 3.8) is 0 Å². The Kier molecular flexibility index (Phi) is 6.80. The number of pyridine rings is 1. The third kappa shape index (κ3) is 5.79. The van der Waals surface area contributed by atoms with Crippen molar-refractivity contribution < 1.29 is 19.4 Å². The molecule has 2 aromatic carbocycles. The van der Waals surface area contributed by atoms with E-state index >= 15 is 0 Å². The molecule has 7 nitrogen and oxygen atoms in total. The largest absolute Gasteiger partial charge is 0.493 e. The van der Waals surface area contributed by atoms with Crippen molar-refractivity contribution in [1.82, 2.24) is 4.98 Å². The highest BCUT2D eigenvalue weighted by Gasteiger charge is 2.06. The van der Waals surface area contributed by atoms with Crippen LogP contribution in [-0.2, 0) is 6.61 Å². The Morgan fingerprint density at radius 2 is 1.97 bits per heavy atom. The molecule has 1 heterocycles. The van der Waals surface area contributed by atoms with E-state index in [2.05, 4.69) is 31.4 Å². The molecule has 0 amide bonds. The number of benzene rings is 2. The van der Waals surface area contributed by atoms with E-state index in [1.54, 1.807) is 19.4 Å². The summed E-state index contributed by atoms with van der Waals surface area (Å²) in [6.45, 7) is 0.427. The molecule has 1 aromatic heterocycles. The highest BCUT2D eigenvalue weighted by molar-refractivity contribution is 9.10. The number of carboxylic acid groups (broad SMARTS) is 1. The lowest BCUT2D eigenvalue weighted by molar-refractivity contribution is 0.0696. The number of aromatic carboxylic acids is 1. The number of ether oxygens (including phenoxy) is 2. The molecule has 0 bridgehead atoms. The number of hydrazone groups is 1. The van der Waals surface area contributed by atoms with Crippen LogP contribution in [0.5, 0.6) is 11.5 Å². The Bertz CT molecular complexity index is 1010. The number of hydrogen-bond acceptors (Lipinski definition) is 6. The van der Waals surface area contributed by atoms with Crippen LogP contribution in [0.25, 0.3) is 0 Å². The topological polar surface area (TPSA) is 93.0 Å². The van der Waals surface area contributed by atoms with Gasteiger partial charge in [0.25, 0.3) is 0 Å². The highest BCUT2D eigenvalue weighted by Crippen LogP contribution is 2.28. The molecule has 0 atom stereocenters. The number of halogens is 1. The number of hydrogen-bond donors (Lipinski definition) is 2. The predicted molar refractivity (Wildman–Crippen MR) is 114 cm³/mol. The van der Waals surface area contributed by atoms with Gasteiger partial charge in [-0.1, -0.05) is 28.1 Å². The second-order valence-electron chi connectivity index (χ2n) is 5.93. The molecule has 29 heavy (non-hydrogen) atoms. The van der Waals surface area contributed by atoms with Crippen molar-refractivity contribution in [3.8, 4) is 11.5 Å². The van der Waals surface area contributed by atoms with Gasteiger partial charge in [-0.3, -0.25) is 5.43 Å². The van der Waals surface area contributed by atoms with Gasteiger partial charge in [0.05, 0.1) is 18.9 Å². The van der Waals surface area contributed by atoms with Crippen LogP contribution in [0, 0.1) is 0 Å². The predicted octanol–water partition coefficient (Wildman–Crippen LogP) is 4.58. The van der Waals surface area contributed by atoms with Crippen LogP contribution >= 0.6 is 15.9 Å². The van der Waals surface area contributed by atoms with E-state index in [1.807, 2.05) is 42.5 Å². The number of anilines is 1. The summed E-state index contributed by atoms with van der Waals surface area (Å²) in [6, 6.07) is 16.4. The zero-order valence-corrected chi connectivity index (χ0v) is 17.1. The minimum absolute atomic E-state index is 0.114. The number of nitrogens with zero attached hydrogens (tertiary/aromatic N) is 2. The van der Waals surface area contributed by atoms with Gasteiger partial charge >= 0.3 is 5.97 Å². The molecule has 0 saturated heterocycles. The van der Waals surface area contributed by atoms with Crippen molar-refractivity contribution in [2.75, 3.05) is 12.5 Å². The minimum Gasteiger partial charge on any atom is -0.493 e. The summed E-state index contributed by atoms with van der Waals surface area (Å²) >= 11 is 3.41. The average Bonchev–Trinajstić information content (AvgIpc) is 2.74. The zero-order chi connectivity index (χ0) is 20.6. The van der Waals surface area contributed by atoms with E-state index in [4.69, 9.17) is 14.6 Å². The number of methoxy groups -OCH3 is 1. The third-order valence-corrected chi connectivity index (χ3v) is 4.43. The van der Waals surface area contributed by atoms with E-state index in [0.29, 0.717) is 23.9 Å². The van der Waals surface area contributed by atoms with Crippen molar-refractivity contribution in [2.45, 2.75) is 6.61 Å². The van der Waals surface area contributed by atoms with Crippen molar-refractivity contribution in [1.29, 1.82) is 0 Å². The van der Waals surface area contributed by atoms with Gasteiger partial charge in [-0.05, 0) is 53.6 Å². The maximum atomic E-state index is 10.8. The fraction of sp³-hybridized carbons (Fsp3) is 0.0952.